The van der Waals surface area contributed by atoms with E-state index >= 15 is 0 Å². The summed E-state index contributed by atoms with van der Waals surface area (Å²) in [4.78, 5) is 29.4. The van der Waals surface area contributed by atoms with Crippen molar-refractivity contribution in [2.45, 2.75) is 68.9 Å². The lowest BCUT2D eigenvalue weighted by Crippen LogP contribution is -2.61. The van der Waals surface area contributed by atoms with Crippen LogP contribution in [0.2, 0.25) is 0 Å². The molecule has 1 aromatic carbocycles. The van der Waals surface area contributed by atoms with Crippen LogP contribution in [-0.4, -0.2) is 68.5 Å². The van der Waals surface area contributed by atoms with Crippen LogP contribution in [0.3, 0.4) is 0 Å². The average molecular weight is 480 g/mol. The fourth-order valence-electron chi connectivity index (χ4n) is 3.34. The van der Waals surface area contributed by atoms with Crippen LogP contribution in [0, 0.1) is 10.1 Å². The van der Waals surface area contributed by atoms with E-state index in [0.717, 1.165) is 12.1 Å². The molecule has 0 spiro atoms. The van der Waals surface area contributed by atoms with E-state index in [1.807, 2.05) is 0 Å². The van der Waals surface area contributed by atoms with Gasteiger partial charge in [-0.1, -0.05) is 18.6 Å². The standard InChI is InChI=1S/C12H16NO11P.C6H13N/c14-9-8(5-22-25(19,20)21)24-12(11(16)10(9)15)23-7-4-2-1-3-6(7)13(17)18;7-6-4-2-1-3-5-6/h1-4,8-12,14-16H,5H2,(H2,19,20,21);6H,1-5,7H2. The van der Waals surface area contributed by atoms with Gasteiger partial charge in [-0.25, -0.2) is 0 Å². The van der Waals surface area contributed by atoms with E-state index in [4.69, 9.17) is 14.4 Å². The number of quaternary nitrogens is 1. The monoisotopic (exact) mass is 480 g/mol. The van der Waals surface area contributed by atoms with Gasteiger partial charge >= 0.3 is 5.69 Å². The lowest BCUT2D eigenvalue weighted by Gasteiger charge is -2.40. The Kier molecular flexibility index (Phi) is 9.95. The maximum Gasteiger partial charge on any atom is 0.311 e. The minimum absolute atomic E-state index is 0.281. The van der Waals surface area contributed by atoms with Crippen molar-refractivity contribution in [2.75, 3.05) is 6.61 Å². The van der Waals surface area contributed by atoms with Gasteiger partial charge in [0.15, 0.2) is 5.75 Å². The summed E-state index contributed by atoms with van der Waals surface area (Å²) in [6.07, 6.45) is -1.49. The van der Waals surface area contributed by atoms with Crippen molar-refractivity contribution in [1.29, 1.82) is 0 Å². The second kappa shape index (κ2) is 12.0. The van der Waals surface area contributed by atoms with E-state index in [1.165, 1.54) is 50.3 Å². The minimum atomic E-state index is -5.12. The predicted molar refractivity (Wildman–Crippen MR) is 106 cm³/mol. The Balaban J connectivity index is 0.000000439. The average Bonchev–Trinajstić information content (AvgIpc) is 2.74. The van der Waals surface area contributed by atoms with Crippen LogP contribution in [-0.2, 0) is 13.8 Å². The third kappa shape index (κ3) is 8.03. The number of benzene rings is 1. The number of hydrogen-bond acceptors (Lipinski definition) is 10. The number of nitro benzene ring substituents is 1. The third-order valence-electron chi connectivity index (χ3n) is 5.10. The van der Waals surface area contributed by atoms with Crippen LogP contribution in [0.5, 0.6) is 5.75 Å². The number of nitrogens with zero attached hydrogens (tertiary/aromatic N) is 1. The first kappa shape index (κ1) is 26.6. The summed E-state index contributed by atoms with van der Waals surface area (Å²) < 4.78 is 25.0. The molecule has 2 aliphatic rings. The topological polar surface area (TPSA) is 220 Å². The van der Waals surface area contributed by atoms with Crippen LogP contribution in [0.4, 0.5) is 5.69 Å². The molecular formula is C18H29N2O11P. The Hall–Kier alpha value is -1.67. The van der Waals surface area contributed by atoms with Crippen molar-refractivity contribution in [3.63, 3.8) is 0 Å². The van der Waals surface area contributed by atoms with E-state index in [-0.39, 0.29) is 5.75 Å². The lowest BCUT2D eigenvalue weighted by molar-refractivity contribution is -0.425. The van der Waals surface area contributed by atoms with E-state index in [0.29, 0.717) is 0 Å². The van der Waals surface area contributed by atoms with Crippen LogP contribution in [0.1, 0.15) is 32.1 Å². The molecule has 6 atom stereocenters. The largest absolute Gasteiger partial charge is 0.756 e. The smallest absolute Gasteiger partial charge is 0.311 e. The number of aliphatic hydroxyl groups excluding tert-OH is 3. The Labute approximate surface area is 184 Å². The van der Waals surface area contributed by atoms with Gasteiger partial charge < -0.3 is 44.8 Å². The summed E-state index contributed by atoms with van der Waals surface area (Å²) in [5.41, 5.74) is 3.56. The Morgan fingerprint density at radius 3 is 2.28 bits per heavy atom. The van der Waals surface area contributed by atoms with Crippen LogP contribution in [0.15, 0.2) is 24.3 Å². The number of rotatable bonds is 6. The third-order valence-corrected chi connectivity index (χ3v) is 5.58. The van der Waals surface area contributed by atoms with E-state index in [9.17, 15) is 34.9 Å². The number of hydrogen-bond donors (Lipinski definition) is 5. The highest BCUT2D eigenvalue weighted by molar-refractivity contribution is 7.44. The summed E-state index contributed by atoms with van der Waals surface area (Å²) in [5.74, 6) is -0.281. The van der Waals surface area contributed by atoms with E-state index in [1.54, 1.807) is 0 Å². The van der Waals surface area contributed by atoms with Gasteiger partial charge in [0.05, 0.1) is 17.6 Å². The molecule has 1 aliphatic carbocycles. The van der Waals surface area contributed by atoms with Gasteiger partial charge in [-0.05, 0) is 31.7 Å². The fourth-order valence-corrected chi connectivity index (χ4v) is 3.67. The molecule has 7 N–H and O–H groups in total. The summed E-state index contributed by atoms with van der Waals surface area (Å²) >= 11 is 0. The van der Waals surface area contributed by atoms with Crippen molar-refractivity contribution >= 4 is 13.5 Å². The van der Waals surface area contributed by atoms with Crippen LogP contribution < -0.4 is 15.4 Å². The van der Waals surface area contributed by atoms with Gasteiger partial charge in [0.1, 0.15) is 24.4 Å². The van der Waals surface area contributed by atoms with Crippen LogP contribution in [0.25, 0.3) is 0 Å². The van der Waals surface area contributed by atoms with Crippen molar-refractivity contribution < 1.29 is 54.3 Å². The molecule has 1 saturated heterocycles. The second-order valence-electron chi connectivity index (χ2n) is 7.63. The zero-order valence-corrected chi connectivity index (χ0v) is 18.2. The highest BCUT2D eigenvalue weighted by Gasteiger charge is 2.45. The second-order valence-corrected chi connectivity index (χ2v) is 8.82. The SMILES string of the molecule is O=[N+]([O-])c1ccccc1OC1OC(COP(=O)([O-])O)C(O)C(O)C1O.[NH3+]C1CCCCC1. The van der Waals surface area contributed by atoms with Crippen molar-refractivity contribution in [2.24, 2.45) is 0 Å². The number of para-hydroxylation sites is 2. The molecule has 32 heavy (non-hydrogen) atoms. The molecule has 1 saturated carbocycles. The molecule has 182 valence electrons. The highest BCUT2D eigenvalue weighted by Crippen LogP contribution is 2.34. The molecule has 0 bridgehead atoms. The van der Waals surface area contributed by atoms with E-state index in [2.05, 4.69) is 10.3 Å². The normalized spacial score (nSPS) is 30.5. The Morgan fingerprint density at radius 2 is 1.75 bits per heavy atom. The summed E-state index contributed by atoms with van der Waals surface area (Å²) in [7, 11) is -5.12. The van der Waals surface area contributed by atoms with E-state index < -0.39 is 55.7 Å². The fraction of sp³-hybridized carbons (Fsp3) is 0.667. The Bertz CT molecular complexity index is 786. The summed E-state index contributed by atoms with van der Waals surface area (Å²) in [6, 6.07) is 5.94. The van der Waals surface area contributed by atoms with Crippen molar-refractivity contribution in [3.05, 3.63) is 34.4 Å². The minimum Gasteiger partial charge on any atom is -0.756 e. The summed E-state index contributed by atoms with van der Waals surface area (Å²) in [5, 5.41) is 40.5. The number of phosphoric ester groups is 1. The van der Waals surface area contributed by atoms with Crippen molar-refractivity contribution in [3.8, 4) is 5.75 Å². The number of aliphatic hydroxyl groups is 3. The first-order valence-corrected chi connectivity index (χ1v) is 11.6. The molecule has 1 heterocycles. The maximum absolute atomic E-state index is 11.0. The van der Waals surface area contributed by atoms with Gasteiger partial charge in [-0.3, -0.25) is 14.7 Å². The zero-order valence-electron chi connectivity index (χ0n) is 17.3. The van der Waals surface area contributed by atoms with Gasteiger partial charge in [-0.15, -0.1) is 0 Å². The number of ether oxygens (including phenoxy) is 2. The molecule has 0 aromatic heterocycles. The zero-order chi connectivity index (χ0) is 23.9. The molecular weight excluding hydrogens is 451 g/mol. The van der Waals surface area contributed by atoms with Crippen molar-refractivity contribution in [1.82, 2.24) is 0 Å². The predicted octanol–water partition coefficient (Wildman–Crippen LogP) is -1.18. The van der Waals surface area contributed by atoms with Gasteiger partial charge in [-0.2, -0.15) is 0 Å². The molecule has 6 unspecified atom stereocenters. The quantitative estimate of drug-likeness (QED) is 0.185. The lowest BCUT2D eigenvalue weighted by atomic mass is 9.97. The maximum atomic E-state index is 11.0. The molecule has 1 aliphatic heterocycles. The highest BCUT2D eigenvalue weighted by atomic mass is 31.2. The van der Waals surface area contributed by atoms with Gasteiger partial charge in [0.25, 0.3) is 7.82 Å². The molecule has 0 radical (unpaired) electrons. The molecule has 0 amide bonds. The van der Waals surface area contributed by atoms with Gasteiger partial charge in [0, 0.05) is 6.07 Å². The first-order chi connectivity index (χ1) is 15.0. The van der Waals surface area contributed by atoms with Crippen LogP contribution >= 0.6 is 7.82 Å². The number of nitro groups is 1. The molecule has 1 aromatic rings. The summed E-state index contributed by atoms with van der Waals surface area (Å²) in [6.45, 7) is -0.876. The molecule has 14 heteroatoms. The number of phosphoric acid groups is 1. The van der Waals surface area contributed by atoms with Gasteiger partial charge in [0.2, 0.25) is 6.29 Å². The molecule has 13 nitrogen and oxygen atoms in total. The molecule has 3 rings (SSSR count). The Morgan fingerprint density at radius 1 is 1.12 bits per heavy atom. The molecule has 2 fully saturated rings. The first-order valence-electron chi connectivity index (χ1n) is 10.1.